The van der Waals surface area contributed by atoms with Crippen LogP contribution in [0.2, 0.25) is 0 Å². The third-order valence-corrected chi connectivity index (χ3v) is 0. The van der Waals surface area contributed by atoms with Crippen molar-refractivity contribution in [3.63, 3.8) is 0 Å². The van der Waals surface area contributed by atoms with Gasteiger partial charge in [-0.3, -0.25) is 0 Å². The van der Waals surface area contributed by atoms with Crippen molar-refractivity contribution in [1.82, 2.24) is 0 Å². The van der Waals surface area contributed by atoms with Gasteiger partial charge in [-0.05, 0) is 5.54 Å². The Balaban J connectivity index is -0.0000000200. The molecule has 0 saturated heterocycles. The molecule has 0 aromatic rings. The molecule has 5 heavy (non-hydrogen) atoms. The monoisotopic (exact) mass is 222 g/mol. The SMILES string of the molecule is Br.Br.C=CCl. The van der Waals surface area contributed by atoms with E-state index >= 15 is 0 Å². The van der Waals surface area contributed by atoms with Crippen LogP contribution in [0.15, 0.2) is 12.1 Å². The largest absolute Gasteiger partial charge is 0.114 e. The lowest BCUT2D eigenvalue weighted by atomic mass is 11.3. The molecule has 0 atom stereocenters. The first-order valence-corrected chi connectivity index (χ1v) is 1.06. The molecule has 0 aromatic heterocycles. The summed E-state index contributed by atoms with van der Waals surface area (Å²) < 4.78 is 0. The van der Waals surface area contributed by atoms with Crippen molar-refractivity contribution in [3.05, 3.63) is 12.1 Å². The zero-order valence-electron chi connectivity index (χ0n) is 2.48. The van der Waals surface area contributed by atoms with Gasteiger partial charge in [-0.25, -0.2) is 0 Å². The normalized spacial score (nSPS) is 2.60. The zero-order chi connectivity index (χ0) is 2.71. The molecule has 34 valence electrons. The van der Waals surface area contributed by atoms with Gasteiger partial charge in [0.1, 0.15) is 0 Å². The Hall–Kier alpha value is 0.990. The number of hydrogen-bond acceptors (Lipinski definition) is 0. The minimum absolute atomic E-state index is 0. The third kappa shape index (κ3) is 45.5. The molecule has 0 rings (SSSR count). The highest BCUT2D eigenvalue weighted by atomic mass is 79.9. The summed E-state index contributed by atoms with van der Waals surface area (Å²) in [5, 5.41) is 0. The molecular weight excluding hydrogens is 219 g/mol. The fourth-order valence-corrected chi connectivity index (χ4v) is 0. The van der Waals surface area contributed by atoms with Crippen LogP contribution in [0, 0.1) is 0 Å². The van der Waals surface area contributed by atoms with Crippen LogP contribution in [0.1, 0.15) is 0 Å². The molecule has 0 bridgehead atoms. The summed E-state index contributed by atoms with van der Waals surface area (Å²) in [6, 6.07) is 0. The van der Waals surface area contributed by atoms with E-state index < -0.39 is 0 Å². The van der Waals surface area contributed by atoms with Crippen LogP contribution in [0.25, 0.3) is 0 Å². The number of rotatable bonds is 0. The quantitative estimate of drug-likeness (QED) is 0.593. The van der Waals surface area contributed by atoms with Gasteiger partial charge in [-0.15, -0.1) is 34.0 Å². The van der Waals surface area contributed by atoms with Gasteiger partial charge < -0.3 is 0 Å². The van der Waals surface area contributed by atoms with Crippen molar-refractivity contribution >= 4 is 45.6 Å². The minimum Gasteiger partial charge on any atom is -0.114 e. The summed E-state index contributed by atoms with van der Waals surface area (Å²) in [6.07, 6.45) is 0. The molecule has 0 aromatic carbocycles. The molecule has 0 aliphatic rings. The van der Waals surface area contributed by atoms with Gasteiger partial charge >= 0.3 is 0 Å². The van der Waals surface area contributed by atoms with Crippen molar-refractivity contribution in [3.8, 4) is 0 Å². The van der Waals surface area contributed by atoms with Gasteiger partial charge in [0.2, 0.25) is 0 Å². The predicted octanol–water partition coefficient (Wildman–Crippen LogP) is 2.52. The fraction of sp³-hybridized carbons (Fsp3) is 0. The summed E-state index contributed by atoms with van der Waals surface area (Å²) >= 11 is 4.76. The molecule has 0 heterocycles. The maximum atomic E-state index is 4.76. The Morgan fingerprint density at radius 3 is 1.40 bits per heavy atom. The van der Waals surface area contributed by atoms with E-state index in [1.165, 1.54) is 5.54 Å². The van der Waals surface area contributed by atoms with Crippen LogP contribution in [0.5, 0.6) is 0 Å². The average molecular weight is 224 g/mol. The van der Waals surface area contributed by atoms with Gasteiger partial charge in [0, 0.05) is 0 Å². The van der Waals surface area contributed by atoms with E-state index in [2.05, 4.69) is 6.58 Å². The molecule has 0 radical (unpaired) electrons. The topological polar surface area (TPSA) is 0 Å². The maximum Gasteiger partial charge on any atom is -0.00296 e. The molecule has 0 aliphatic heterocycles. The van der Waals surface area contributed by atoms with E-state index in [9.17, 15) is 0 Å². The lowest BCUT2D eigenvalue weighted by molar-refractivity contribution is 2.63. The second kappa shape index (κ2) is 20.1. The molecule has 3 heteroatoms. The van der Waals surface area contributed by atoms with Crippen LogP contribution >= 0.6 is 45.6 Å². The van der Waals surface area contributed by atoms with Gasteiger partial charge in [0.25, 0.3) is 0 Å². The standard InChI is InChI=1S/C2H3Cl.2BrH/c1-2-3;;/h2H,1H2;2*1H. The average Bonchev–Trinajstić information content (AvgIpc) is 0.918. The van der Waals surface area contributed by atoms with Crippen molar-refractivity contribution in [1.29, 1.82) is 0 Å². The first-order chi connectivity index (χ1) is 1.41. The van der Waals surface area contributed by atoms with E-state index in [-0.39, 0.29) is 34.0 Å². The Morgan fingerprint density at radius 1 is 1.40 bits per heavy atom. The molecule has 0 amide bonds. The van der Waals surface area contributed by atoms with E-state index in [0.717, 1.165) is 0 Å². The lowest BCUT2D eigenvalue weighted by Gasteiger charge is -1.27. The molecule has 0 fully saturated rings. The first-order valence-electron chi connectivity index (χ1n) is 0.626. The summed E-state index contributed by atoms with van der Waals surface area (Å²) in [6.45, 7) is 3.13. The van der Waals surface area contributed by atoms with Crippen molar-refractivity contribution in [2.75, 3.05) is 0 Å². The van der Waals surface area contributed by atoms with Crippen molar-refractivity contribution < 1.29 is 0 Å². The third-order valence-electron chi connectivity index (χ3n) is 0. The highest BCUT2D eigenvalue weighted by Gasteiger charge is 1.18. The first kappa shape index (κ1) is 16.7. The van der Waals surface area contributed by atoms with E-state index in [1.807, 2.05) is 0 Å². The second-order valence-electron chi connectivity index (χ2n) is 0.154. The van der Waals surface area contributed by atoms with Crippen LogP contribution in [0.4, 0.5) is 0 Å². The number of hydrogen-bond donors (Lipinski definition) is 0. The van der Waals surface area contributed by atoms with Crippen molar-refractivity contribution in [2.45, 2.75) is 0 Å². The summed E-state index contributed by atoms with van der Waals surface area (Å²) in [4.78, 5) is 0. The maximum absolute atomic E-state index is 4.76. The molecular formula is C2H5Br2Cl. The van der Waals surface area contributed by atoms with Crippen LogP contribution < -0.4 is 0 Å². The minimum atomic E-state index is 0. The van der Waals surface area contributed by atoms with Gasteiger partial charge in [-0.1, -0.05) is 18.2 Å². The van der Waals surface area contributed by atoms with Gasteiger partial charge in [-0.2, -0.15) is 0 Å². The Kier molecular flexibility index (Phi) is 66.9. The molecule has 0 saturated carbocycles. The smallest absolute Gasteiger partial charge is 0.00296 e. The predicted molar refractivity (Wildman–Crippen MR) is 36.7 cm³/mol. The van der Waals surface area contributed by atoms with Crippen LogP contribution in [-0.4, -0.2) is 0 Å². The summed E-state index contributed by atoms with van der Waals surface area (Å²) in [7, 11) is 0. The van der Waals surface area contributed by atoms with E-state index in [1.54, 1.807) is 0 Å². The van der Waals surface area contributed by atoms with Gasteiger partial charge in [0.05, 0.1) is 0 Å². The Bertz CT molecular complexity index is 15.1. The highest BCUT2D eigenvalue weighted by Crippen LogP contribution is 1.60. The molecule has 0 nitrogen and oxygen atoms in total. The van der Waals surface area contributed by atoms with Crippen LogP contribution in [-0.2, 0) is 0 Å². The molecule has 0 spiro atoms. The van der Waals surface area contributed by atoms with E-state index in [4.69, 9.17) is 11.6 Å². The Morgan fingerprint density at radius 2 is 1.40 bits per heavy atom. The zero-order valence-corrected chi connectivity index (χ0v) is 6.66. The van der Waals surface area contributed by atoms with Gasteiger partial charge in [0.15, 0.2) is 0 Å². The Labute approximate surface area is 57.7 Å². The summed E-state index contributed by atoms with van der Waals surface area (Å²) in [5.74, 6) is 0. The molecule has 0 unspecified atom stereocenters. The molecule has 0 aliphatic carbocycles. The lowest BCUT2D eigenvalue weighted by Crippen LogP contribution is -0.926. The van der Waals surface area contributed by atoms with E-state index in [0.29, 0.717) is 0 Å². The number of halogens is 3. The highest BCUT2D eigenvalue weighted by molar-refractivity contribution is 8.93. The molecule has 0 N–H and O–H groups in total. The van der Waals surface area contributed by atoms with Crippen molar-refractivity contribution in [2.24, 2.45) is 0 Å². The summed E-state index contributed by atoms with van der Waals surface area (Å²) in [5.41, 5.74) is 1.22. The fourth-order valence-electron chi connectivity index (χ4n) is 0. The van der Waals surface area contributed by atoms with Crippen LogP contribution in [0.3, 0.4) is 0 Å². The second-order valence-corrected chi connectivity index (χ2v) is 0.463.